The van der Waals surface area contributed by atoms with Crippen LogP contribution in [-0.4, -0.2) is 4.98 Å². The van der Waals surface area contributed by atoms with E-state index in [1.807, 2.05) is 12.1 Å². The van der Waals surface area contributed by atoms with E-state index in [0.29, 0.717) is 0 Å². The minimum Gasteiger partial charge on any atom is -0.363 e. The first-order chi connectivity index (χ1) is 4.34. The Bertz CT molecular complexity index is 207. The minimum absolute atomic E-state index is 0.514. The second kappa shape index (κ2) is 2.33. The highest BCUT2D eigenvalue weighted by Crippen LogP contribution is 2.03. The fourth-order valence-corrected chi connectivity index (χ4v) is 0.607. The summed E-state index contributed by atoms with van der Waals surface area (Å²) in [4.78, 5) is 2.84. The third-order valence-electron chi connectivity index (χ3n) is 1.10. The molecule has 0 bridgehead atoms. The number of H-pyrrole nitrogens is 1. The predicted molar refractivity (Wildman–Crippen MR) is 33.3 cm³/mol. The number of aromatic nitrogens is 1. The van der Waals surface area contributed by atoms with Crippen LogP contribution in [0.1, 0.15) is 11.7 Å². The Labute approximate surface area is 53.1 Å². The average molecular weight is 121 g/mol. The first-order valence-electron chi connectivity index (χ1n) is 2.63. The van der Waals surface area contributed by atoms with Gasteiger partial charge in [0.2, 0.25) is 0 Å². The number of aromatic amines is 1. The SMILES string of the molecule is N#CC(N)c1ccc[nH]1. The van der Waals surface area contributed by atoms with Gasteiger partial charge in [0.05, 0.1) is 6.07 Å². The van der Waals surface area contributed by atoms with Crippen LogP contribution in [0.25, 0.3) is 0 Å². The lowest BCUT2D eigenvalue weighted by Gasteiger charge is -1.94. The summed E-state index contributed by atoms with van der Waals surface area (Å²) in [5.41, 5.74) is 6.11. The highest BCUT2D eigenvalue weighted by Gasteiger charge is 2.01. The van der Waals surface area contributed by atoms with Crippen LogP contribution < -0.4 is 5.73 Å². The standard InChI is InChI=1S/C6H7N3/c7-4-5(8)6-2-1-3-9-6/h1-3,5,9H,8H2. The quantitative estimate of drug-likeness (QED) is 0.569. The summed E-state index contributed by atoms with van der Waals surface area (Å²) in [6.07, 6.45) is 1.74. The van der Waals surface area contributed by atoms with Gasteiger partial charge in [-0.1, -0.05) is 0 Å². The summed E-state index contributed by atoms with van der Waals surface area (Å²) in [5, 5.41) is 8.31. The molecule has 1 atom stereocenters. The summed E-state index contributed by atoms with van der Waals surface area (Å²) in [6, 6.07) is 5.00. The maximum absolute atomic E-state index is 8.31. The van der Waals surface area contributed by atoms with Crippen molar-refractivity contribution < 1.29 is 0 Å². The summed E-state index contributed by atoms with van der Waals surface area (Å²) < 4.78 is 0. The number of rotatable bonds is 1. The molecule has 3 nitrogen and oxygen atoms in total. The van der Waals surface area contributed by atoms with Crippen LogP contribution in [0.2, 0.25) is 0 Å². The van der Waals surface area contributed by atoms with Gasteiger partial charge in [-0.3, -0.25) is 0 Å². The Balaban J connectivity index is 2.80. The van der Waals surface area contributed by atoms with Crippen molar-refractivity contribution in [2.24, 2.45) is 5.73 Å². The molecule has 0 saturated carbocycles. The highest BCUT2D eigenvalue weighted by atomic mass is 14.8. The van der Waals surface area contributed by atoms with E-state index in [4.69, 9.17) is 11.0 Å². The zero-order valence-corrected chi connectivity index (χ0v) is 4.83. The van der Waals surface area contributed by atoms with E-state index < -0.39 is 6.04 Å². The van der Waals surface area contributed by atoms with Crippen molar-refractivity contribution in [2.45, 2.75) is 6.04 Å². The van der Waals surface area contributed by atoms with Gasteiger partial charge in [0.25, 0.3) is 0 Å². The molecule has 3 heteroatoms. The van der Waals surface area contributed by atoms with Crippen LogP contribution in [0, 0.1) is 11.3 Å². The topological polar surface area (TPSA) is 65.6 Å². The van der Waals surface area contributed by atoms with Crippen molar-refractivity contribution in [3.05, 3.63) is 24.0 Å². The Morgan fingerprint density at radius 3 is 3.00 bits per heavy atom. The summed E-state index contributed by atoms with van der Waals surface area (Å²) in [6.45, 7) is 0. The molecular weight excluding hydrogens is 114 g/mol. The molecule has 0 fully saturated rings. The molecule has 46 valence electrons. The fourth-order valence-electron chi connectivity index (χ4n) is 0.607. The fraction of sp³-hybridized carbons (Fsp3) is 0.167. The van der Waals surface area contributed by atoms with Crippen molar-refractivity contribution in [3.63, 3.8) is 0 Å². The number of nitrogens with two attached hydrogens (primary N) is 1. The van der Waals surface area contributed by atoms with Gasteiger partial charge >= 0.3 is 0 Å². The molecule has 9 heavy (non-hydrogen) atoms. The Kier molecular flexibility index (Phi) is 1.52. The molecular formula is C6H7N3. The van der Waals surface area contributed by atoms with E-state index in [1.165, 1.54) is 0 Å². The molecule has 0 amide bonds. The van der Waals surface area contributed by atoms with Gasteiger partial charge in [-0.25, -0.2) is 0 Å². The normalized spacial score (nSPS) is 12.4. The molecule has 3 N–H and O–H groups in total. The van der Waals surface area contributed by atoms with Crippen LogP contribution >= 0.6 is 0 Å². The summed E-state index contributed by atoms with van der Waals surface area (Å²) in [5.74, 6) is 0. The van der Waals surface area contributed by atoms with Crippen molar-refractivity contribution >= 4 is 0 Å². The van der Waals surface area contributed by atoms with Crippen molar-refractivity contribution in [2.75, 3.05) is 0 Å². The van der Waals surface area contributed by atoms with E-state index in [1.54, 1.807) is 12.3 Å². The first-order valence-corrected chi connectivity index (χ1v) is 2.63. The molecule has 1 rings (SSSR count). The molecule has 0 aliphatic heterocycles. The summed E-state index contributed by atoms with van der Waals surface area (Å²) >= 11 is 0. The van der Waals surface area contributed by atoms with Gasteiger partial charge in [-0.15, -0.1) is 0 Å². The molecule has 0 aromatic carbocycles. The molecule has 0 saturated heterocycles. The van der Waals surface area contributed by atoms with Crippen LogP contribution in [0.15, 0.2) is 18.3 Å². The number of nitrogens with zero attached hydrogens (tertiary/aromatic N) is 1. The summed E-state index contributed by atoms with van der Waals surface area (Å²) in [7, 11) is 0. The van der Waals surface area contributed by atoms with E-state index >= 15 is 0 Å². The van der Waals surface area contributed by atoms with Gasteiger partial charge in [0.15, 0.2) is 0 Å². The van der Waals surface area contributed by atoms with Gasteiger partial charge in [0.1, 0.15) is 6.04 Å². The number of nitriles is 1. The molecule has 1 aromatic heterocycles. The lowest BCUT2D eigenvalue weighted by molar-refractivity contribution is 0.888. The van der Waals surface area contributed by atoms with E-state index in [0.717, 1.165) is 5.69 Å². The van der Waals surface area contributed by atoms with E-state index in [2.05, 4.69) is 4.98 Å². The van der Waals surface area contributed by atoms with Gasteiger partial charge in [-0.2, -0.15) is 5.26 Å². The molecule has 1 unspecified atom stereocenters. The van der Waals surface area contributed by atoms with Gasteiger partial charge in [0, 0.05) is 11.9 Å². The van der Waals surface area contributed by atoms with Crippen LogP contribution in [0.4, 0.5) is 0 Å². The monoisotopic (exact) mass is 121 g/mol. The highest BCUT2D eigenvalue weighted by molar-refractivity contribution is 5.14. The zero-order valence-electron chi connectivity index (χ0n) is 4.83. The predicted octanol–water partition coefficient (Wildman–Crippen LogP) is 0.538. The minimum atomic E-state index is -0.514. The third kappa shape index (κ3) is 1.09. The zero-order chi connectivity index (χ0) is 6.69. The smallest absolute Gasteiger partial charge is 0.133 e. The molecule has 0 aliphatic carbocycles. The molecule has 0 spiro atoms. The number of nitrogens with one attached hydrogen (secondary N) is 1. The largest absolute Gasteiger partial charge is 0.363 e. The third-order valence-corrected chi connectivity index (χ3v) is 1.10. The maximum atomic E-state index is 8.31. The molecule has 1 aromatic rings. The lowest BCUT2D eigenvalue weighted by Crippen LogP contribution is -2.06. The van der Waals surface area contributed by atoms with Crippen LogP contribution in [-0.2, 0) is 0 Å². The molecule has 0 radical (unpaired) electrons. The Hall–Kier alpha value is -1.27. The van der Waals surface area contributed by atoms with Gasteiger partial charge < -0.3 is 10.7 Å². The Morgan fingerprint density at radius 2 is 2.56 bits per heavy atom. The van der Waals surface area contributed by atoms with Crippen molar-refractivity contribution in [1.82, 2.24) is 4.98 Å². The number of hydrogen-bond donors (Lipinski definition) is 2. The second-order valence-corrected chi connectivity index (χ2v) is 1.73. The van der Waals surface area contributed by atoms with Crippen LogP contribution in [0.5, 0.6) is 0 Å². The van der Waals surface area contributed by atoms with E-state index in [9.17, 15) is 0 Å². The van der Waals surface area contributed by atoms with Crippen molar-refractivity contribution in [3.8, 4) is 6.07 Å². The maximum Gasteiger partial charge on any atom is 0.133 e. The van der Waals surface area contributed by atoms with E-state index in [-0.39, 0.29) is 0 Å². The lowest BCUT2D eigenvalue weighted by atomic mass is 10.2. The first kappa shape index (κ1) is 5.86. The van der Waals surface area contributed by atoms with Crippen molar-refractivity contribution in [1.29, 1.82) is 5.26 Å². The van der Waals surface area contributed by atoms with Crippen LogP contribution in [0.3, 0.4) is 0 Å². The average Bonchev–Trinajstić information content (AvgIpc) is 2.37. The Morgan fingerprint density at radius 1 is 1.78 bits per heavy atom. The second-order valence-electron chi connectivity index (χ2n) is 1.73. The molecule has 1 heterocycles. The number of hydrogen-bond acceptors (Lipinski definition) is 2. The van der Waals surface area contributed by atoms with Gasteiger partial charge in [-0.05, 0) is 12.1 Å². The molecule has 0 aliphatic rings.